The maximum Gasteiger partial charge on any atom is 0.339 e. The fraction of sp³-hybridized carbons (Fsp3) is 0.107. The number of rotatable bonds is 8. The molecule has 0 saturated carbocycles. The minimum Gasteiger partial charge on any atom is -0.497 e. The van der Waals surface area contributed by atoms with Gasteiger partial charge in [-0.3, -0.25) is 9.78 Å². The molecule has 0 atom stereocenters. The second-order valence-electron chi connectivity index (χ2n) is 8.32. The standard InChI is InChI=1S/C28H24N2O6S/c1-17-23(14-18-6-5-13-30-15-18)24(22-8-4-3-7-19(22)16-31)26(29)25(28(32)33)27(17)37(34,35)21-11-9-20(36-2)10-12-21/h3-13,15-16H,14,29H2,1-2H3,(H,32,33). The van der Waals surface area contributed by atoms with Crippen LogP contribution in [0.2, 0.25) is 0 Å². The lowest BCUT2D eigenvalue weighted by molar-refractivity contribution is 0.0693. The Kier molecular flexibility index (Phi) is 7.08. The van der Waals surface area contributed by atoms with Crippen molar-refractivity contribution in [3.63, 3.8) is 0 Å². The molecule has 0 saturated heterocycles. The number of carbonyl (C=O) groups excluding carboxylic acids is 1. The van der Waals surface area contributed by atoms with Crippen LogP contribution in [0.5, 0.6) is 5.75 Å². The first kappa shape index (κ1) is 25.6. The van der Waals surface area contributed by atoms with Crippen LogP contribution >= 0.6 is 0 Å². The van der Waals surface area contributed by atoms with Crippen molar-refractivity contribution in [1.29, 1.82) is 0 Å². The van der Waals surface area contributed by atoms with E-state index >= 15 is 0 Å². The monoisotopic (exact) mass is 516 g/mol. The van der Waals surface area contributed by atoms with E-state index in [9.17, 15) is 23.1 Å². The summed E-state index contributed by atoms with van der Waals surface area (Å²) in [5.74, 6) is -1.04. The average molecular weight is 517 g/mol. The molecule has 0 unspecified atom stereocenters. The Morgan fingerprint density at radius 2 is 1.78 bits per heavy atom. The van der Waals surface area contributed by atoms with E-state index in [1.165, 1.54) is 31.4 Å². The van der Waals surface area contributed by atoms with Crippen LogP contribution in [0.15, 0.2) is 82.8 Å². The summed E-state index contributed by atoms with van der Waals surface area (Å²) in [4.78, 5) is 28.1. The molecular weight excluding hydrogens is 492 g/mol. The number of carboxylic acids is 1. The summed E-state index contributed by atoms with van der Waals surface area (Å²) >= 11 is 0. The number of aldehydes is 1. The van der Waals surface area contributed by atoms with E-state index in [-0.39, 0.29) is 22.6 Å². The van der Waals surface area contributed by atoms with Crippen LogP contribution in [0.3, 0.4) is 0 Å². The number of benzene rings is 3. The first-order chi connectivity index (χ1) is 17.7. The molecule has 8 nitrogen and oxygen atoms in total. The second-order valence-corrected chi connectivity index (χ2v) is 10.2. The van der Waals surface area contributed by atoms with Crippen LogP contribution in [0.1, 0.15) is 37.4 Å². The molecule has 0 aliphatic rings. The second kappa shape index (κ2) is 10.2. The Bertz CT molecular complexity index is 1600. The molecule has 1 aromatic heterocycles. The van der Waals surface area contributed by atoms with E-state index < -0.39 is 26.3 Å². The molecule has 4 rings (SSSR count). The lowest BCUT2D eigenvalue weighted by Gasteiger charge is -2.23. The van der Waals surface area contributed by atoms with Crippen molar-refractivity contribution in [2.45, 2.75) is 23.1 Å². The average Bonchev–Trinajstić information content (AvgIpc) is 2.90. The molecular formula is C28H24N2O6S. The number of carboxylic acid groups (broad SMARTS) is 1. The van der Waals surface area contributed by atoms with Gasteiger partial charge in [0.1, 0.15) is 11.3 Å². The highest BCUT2D eigenvalue weighted by atomic mass is 32.2. The van der Waals surface area contributed by atoms with E-state index in [2.05, 4.69) is 4.98 Å². The van der Waals surface area contributed by atoms with Crippen LogP contribution < -0.4 is 10.5 Å². The fourth-order valence-electron chi connectivity index (χ4n) is 4.41. The van der Waals surface area contributed by atoms with Gasteiger partial charge in [0, 0.05) is 23.5 Å². The molecule has 0 bridgehead atoms. The molecule has 4 aromatic rings. The third-order valence-corrected chi connectivity index (χ3v) is 8.11. The molecule has 0 amide bonds. The number of methoxy groups -OCH3 is 1. The number of aromatic nitrogens is 1. The molecule has 3 N–H and O–H groups in total. The van der Waals surface area contributed by atoms with Crippen molar-refractivity contribution < 1.29 is 27.9 Å². The Hall–Kier alpha value is -4.50. The predicted octanol–water partition coefficient (Wildman–Crippen LogP) is 4.58. The first-order valence-corrected chi connectivity index (χ1v) is 12.7. The number of anilines is 1. The number of nitrogens with two attached hydrogens (primary N) is 1. The Labute approximate surface area is 214 Å². The number of sulfone groups is 1. The number of hydrogen-bond acceptors (Lipinski definition) is 7. The molecule has 0 fully saturated rings. The molecule has 0 aliphatic carbocycles. The zero-order valence-corrected chi connectivity index (χ0v) is 21.0. The maximum atomic E-state index is 13.9. The number of hydrogen-bond donors (Lipinski definition) is 2. The molecule has 0 aliphatic heterocycles. The van der Waals surface area contributed by atoms with E-state index in [0.29, 0.717) is 34.3 Å². The number of nitrogens with zero attached hydrogens (tertiary/aromatic N) is 1. The van der Waals surface area contributed by atoms with Gasteiger partial charge in [0.2, 0.25) is 9.84 Å². The molecule has 37 heavy (non-hydrogen) atoms. The first-order valence-electron chi connectivity index (χ1n) is 11.2. The van der Waals surface area contributed by atoms with Crippen molar-refractivity contribution in [2.75, 3.05) is 12.8 Å². The summed E-state index contributed by atoms with van der Waals surface area (Å²) in [6.07, 6.45) is 4.10. The summed E-state index contributed by atoms with van der Waals surface area (Å²) in [5, 5.41) is 10.2. The van der Waals surface area contributed by atoms with Crippen LogP contribution in [0, 0.1) is 6.92 Å². The van der Waals surface area contributed by atoms with Crippen molar-refractivity contribution in [2.24, 2.45) is 0 Å². The predicted molar refractivity (Wildman–Crippen MR) is 139 cm³/mol. The molecule has 0 spiro atoms. The van der Waals surface area contributed by atoms with Crippen LogP contribution in [-0.4, -0.2) is 37.9 Å². The van der Waals surface area contributed by atoms with Crippen molar-refractivity contribution in [1.82, 2.24) is 4.98 Å². The Morgan fingerprint density at radius 3 is 2.38 bits per heavy atom. The number of aromatic carboxylic acids is 1. The smallest absolute Gasteiger partial charge is 0.339 e. The zero-order valence-electron chi connectivity index (χ0n) is 20.1. The summed E-state index contributed by atoms with van der Waals surface area (Å²) in [6.45, 7) is 1.56. The van der Waals surface area contributed by atoms with Gasteiger partial charge >= 0.3 is 5.97 Å². The van der Waals surface area contributed by atoms with Gasteiger partial charge in [-0.15, -0.1) is 0 Å². The lowest BCUT2D eigenvalue weighted by atomic mass is 9.86. The van der Waals surface area contributed by atoms with Gasteiger partial charge in [0.25, 0.3) is 0 Å². The van der Waals surface area contributed by atoms with Gasteiger partial charge in [-0.05, 0) is 65.9 Å². The largest absolute Gasteiger partial charge is 0.497 e. The van der Waals surface area contributed by atoms with E-state index in [1.807, 2.05) is 6.07 Å². The van der Waals surface area contributed by atoms with Gasteiger partial charge in [-0.2, -0.15) is 0 Å². The van der Waals surface area contributed by atoms with Gasteiger partial charge in [0.05, 0.1) is 22.6 Å². The molecule has 0 radical (unpaired) electrons. The summed E-state index contributed by atoms with van der Waals surface area (Å²) in [6, 6.07) is 15.9. The number of ether oxygens (including phenoxy) is 1. The molecule has 3 aromatic carbocycles. The SMILES string of the molecule is COc1ccc(S(=O)(=O)c2c(C)c(Cc3cccnc3)c(-c3ccccc3C=O)c(N)c2C(=O)O)cc1. The van der Waals surface area contributed by atoms with E-state index in [1.54, 1.807) is 49.6 Å². The lowest BCUT2D eigenvalue weighted by Crippen LogP contribution is -2.18. The van der Waals surface area contributed by atoms with Crippen molar-refractivity contribution >= 4 is 27.8 Å². The number of pyridine rings is 1. The Balaban J connectivity index is 2.12. The summed E-state index contributed by atoms with van der Waals surface area (Å²) < 4.78 is 32.9. The minimum absolute atomic E-state index is 0.105. The van der Waals surface area contributed by atoms with Gasteiger partial charge in [-0.25, -0.2) is 13.2 Å². The molecule has 1 heterocycles. The van der Waals surface area contributed by atoms with E-state index in [0.717, 1.165) is 5.56 Å². The van der Waals surface area contributed by atoms with Crippen LogP contribution in [-0.2, 0) is 16.3 Å². The van der Waals surface area contributed by atoms with Gasteiger partial charge in [-0.1, -0.05) is 30.3 Å². The highest BCUT2D eigenvalue weighted by Gasteiger charge is 2.33. The third kappa shape index (κ3) is 4.68. The van der Waals surface area contributed by atoms with Gasteiger partial charge in [0.15, 0.2) is 6.29 Å². The normalized spacial score (nSPS) is 11.2. The number of nitrogen functional groups attached to an aromatic ring is 1. The minimum atomic E-state index is -4.32. The zero-order chi connectivity index (χ0) is 26.7. The third-order valence-electron chi connectivity index (χ3n) is 6.17. The summed E-state index contributed by atoms with van der Waals surface area (Å²) in [7, 11) is -2.87. The molecule has 9 heteroatoms. The molecule has 188 valence electrons. The van der Waals surface area contributed by atoms with Crippen molar-refractivity contribution in [3.05, 3.63) is 101 Å². The quantitative estimate of drug-likeness (QED) is 0.256. The fourth-order valence-corrected chi connectivity index (χ4v) is 6.13. The van der Waals surface area contributed by atoms with Gasteiger partial charge < -0.3 is 15.6 Å². The summed E-state index contributed by atoms with van der Waals surface area (Å²) in [5.41, 5.74) is 8.18. The number of carbonyl (C=O) groups is 2. The van der Waals surface area contributed by atoms with E-state index in [4.69, 9.17) is 10.5 Å². The van der Waals surface area contributed by atoms with Crippen LogP contribution in [0.4, 0.5) is 5.69 Å². The maximum absolute atomic E-state index is 13.9. The Morgan fingerprint density at radius 1 is 1.08 bits per heavy atom. The van der Waals surface area contributed by atoms with Crippen molar-refractivity contribution in [3.8, 4) is 16.9 Å². The topological polar surface area (TPSA) is 137 Å². The highest BCUT2D eigenvalue weighted by Crippen LogP contribution is 2.43. The highest BCUT2D eigenvalue weighted by molar-refractivity contribution is 7.91. The van der Waals surface area contributed by atoms with Crippen LogP contribution in [0.25, 0.3) is 11.1 Å².